The highest BCUT2D eigenvalue weighted by Crippen LogP contribution is 2.34. The maximum absolute atomic E-state index is 11.8. The molecule has 0 spiro atoms. The number of thiocarbonyl (C=S) groups is 1. The fraction of sp³-hybridized carbons (Fsp3) is 0. The van der Waals surface area contributed by atoms with Gasteiger partial charge in [0.2, 0.25) is 5.91 Å². The lowest BCUT2D eigenvalue weighted by Crippen LogP contribution is -2.32. The molecule has 23 heavy (non-hydrogen) atoms. The molecule has 0 saturated carbocycles. The molecule has 0 aliphatic heterocycles. The molecule has 0 radical (unpaired) electrons. The predicted octanol–water partition coefficient (Wildman–Crippen LogP) is 4.23. The van der Waals surface area contributed by atoms with Crippen LogP contribution in [0.5, 0.6) is 5.75 Å². The molecule has 7 heteroatoms. The van der Waals surface area contributed by atoms with Crippen molar-refractivity contribution in [1.29, 1.82) is 0 Å². The van der Waals surface area contributed by atoms with Crippen LogP contribution in [0.1, 0.15) is 5.56 Å². The second-order valence-corrected chi connectivity index (χ2v) is 5.70. The number of hydrogen-bond donors (Lipinski definition) is 3. The molecule has 1 amide bonds. The van der Waals surface area contributed by atoms with Gasteiger partial charge in [0, 0.05) is 11.8 Å². The summed E-state index contributed by atoms with van der Waals surface area (Å²) >= 11 is 16.7. The first kappa shape index (κ1) is 17.3. The number of carbonyl (C=O) groups excluding carboxylic acids is 1. The number of benzene rings is 2. The zero-order chi connectivity index (χ0) is 16.8. The highest BCUT2D eigenvalue weighted by molar-refractivity contribution is 7.80. The van der Waals surface area contributed by atoms with E-state index in [4.69, 9.17) is 35.4 Å². The van der Waals surface area contributed by atoms with Crippen LogP contribution >= 0.6 is 35.4 Å². The summed E-state index contributed by atoms with van der Waals surface area (Å²) in [6.45, 7) is 0. The lowest BCUT2D eigenvalue weighted by molar-refractivity contribution is -0.115. The Kier molecular flexibility index (Phi) is 5.98. The Morgan fingerprint density at radius 2 is 1.74 bits per heavy atom. The summed E-state index contributed by atoms with van der Waals surface area (Å²) in [7, 11) is 0. The molecule has 3 N–H and O–H groups in total. The fourth-order valence-electron chi connectivity index (χ4n) is 1.69. The molecule has 2 aromatic rings. The van der Waals surface area contributed by atoms with E-state index in [-0.39, 0.29) is 26.8 Å². The lowest BCUT2D eigenvalue weighted by atomic mass is 10.2. The number of hydrogen-bond acceptors (Lipinski definition) is 3. The Hall–Kier alpha value is -2.08. The number of rotatable bonds is 3. The SMILES string of the molecule is O=C(C=Cc1ccccc1)NC(=S)Nc1cc(Cl)c(O)c(Cl)c1. The fourth-order valence-corrected chi connectivity index (χ4v) is 2.40. The van der Waals surface area contributed by atoms with Gasteiger partial charge in [-0.2, -0.15) is 0 Å². The van der Waals surface area contributed by atoms with Crippen molar-refractivity contribution in [1.82, 2.24) is 5.32 Å². The molecule has 0 aromatic heterocycles. The Balaban J connectivity index is 1.94. The number of phenols is 1. The topological polar surface area (TPSA) is 61.4 Å². The summed E-state index contributed by atoms with van der Waals surface area (Å²) in [5.74, 6) is -0.582. The maximum atomic E-state index is 11.8. The molecule has 2 rings (SSSR count). The second-order valence-electron chi connectivity index (χ2n) is 4.48. The van der Waals surface area contributed by atoms with Gasteiger partial charge in [-0.25, -0.2) is 0 Å². The van der Waals surface area contributed by atoms with Gasteiger partial charge in [-0.05, 0) is 36.0 Å². The van der Waals surface area contributed by atoms with Gasteiger partial charge in [-0.15, -0.1) is 0 Å². The number of anilines is 1. The van der Waals surface area contributed by atoms with Crippen LogP contribution in [-0.2, 0) is 4.79 Å². The van der Waals surface area contributed by atoms with Gasteiger partial charge in [0.25, 0.3) is 0 Å². The minimum atomic E-state index is -0.373. The monoisotopic (exact) mass is 366 g/mol. The Morgan fingerprint density at radius 1 is 1.13 bits per heavy atom. The van der Waals surface area contributed by atoms with Crippen LogP contribution in [0.3, 0.4) is 0 Å². The standard InChI is InChI=1S/C16H12Cl2N2O2S/c17-12-8-11(9-13(18)15(12)22)19-16(23)20-14(21)7-6-10-4-2-1-3-5-10/h1-9,22H,(H2,19,20,21,23). The third-order valence-electron chi connectivity index (χ3n) is 2.74. The van der Waals surface area contributed by atoms with Crippen molar-refractivity contribution in [3.8, 4) is 5.75 Å². The number of aromatic hydroxyl groups is 1. The predicted molar refractivity (Wildman–Crippen MR) is 98.0 cm³/mol. The van der Waals surface area contributed by atoms with Gasteiger partial charge in [0.1, 0.15) is 0 Å². The third-order valence-corrected chi connectivity index (χ3v) is 3.52. The van der Waals surface area contributed by atoms with E-state index >= 15 is 0 Å². The van der Waals surface area contributed by atoms with E-state index in [9.17, 15) is 9.90 Å². The van der Waals surface area contributed by atoms with Gasteiger partial charge in [-0.3, -0.25) is 10.1 Å². The first-order valence-corrected chi connectivity index (χ1v) is 7.65. The number of carbonyl (C=O) groups is 1. The zero-order valence-electron chi connectivity index (χ0n) is 11.7. The molecule has 0 heterocycles. The van der Waals surface area contributed by atoms with E-state index in [0.717, 1.165) is 5.56 Å². The average molecular weight is 367 g/mol. The Morgan fingerprint density at radius 3 is 2.35 bits per heavy atom. The van der Waals surface area contributed by atoms with Crippen LogP contribution in [0.25, 0.3) is 6.08 Å². The molecular formula is C16H12Cl2N2O2S. The zero-order valence-corrected chi connectivity index (χ0v) is 14.0. The van der Waals surface area contributed by atoms with Crippen molar-refractivity contribution in [3.05, 3.63) is 64.1 Å². The van der Waals surface area contributed by atoms with Gasteiger partial charge < -0.3 is 10.4 Å². The van der Waals surface area contributed by atoms with Crippen LogP contribution in [0, 0.1) is 0 Å². The first-order chi connectivity index (χ1) is 11.0. The van der Waals surface area contributed by atoms with E-state index in [1.165, 1.54) is 18.2 Å². The number of amides is 1. The summed E-state index contributed by atoms with van der Waals surface area (Å²) in [6, 6.07) is 12.3. The molecule has 0 aliphatic carbocycles. The minimum absolute atomic E-state index is 0.0816. The number of halogens is 2. The molecule has 0 atom stereocenters. The Bertz CT molecular complexity index is 741. The van der Waals surface area contributed by atoms with Crippen LogP contribution in [-0.4, -0.2) is 16.1 Å². The van der Waals surface area contributed by atoms with Crippen molar-refractivity contribution in [3.63, 3.8) is 0 Å². The molecule has 0 unspecified atom stereocenters. The molecule has 0 fully saturated rings. The van der Waals surface area contributed by atoms with E-state index in [1.54, 1.807) is 6.08 Å². The highest BCUT2D eigenvalue weighted by Gasteiger charge is 2.08. The summed E-state index contributed by atoms with van der Waals surface area (Å²) in [6.07, 6.45) is 3.05. The van der Waals surface area contributed by atoms with Crippen molar-refractivity contribution in [2.24, 2.45) is 0 Å². The largest absolute Gasteiger partial charge is 0.505 e. The summed E-state index contributed by atoms with van der Waals surface area (Å²) < 4.78 is 0. The van der Waals surface area contributed by atoms with Crippen LogP contribution in [0.15, 0.2) is 48.5 Å². The average Bonchev–Trinajstić information content (AvgIpc) is 2.51. The highest BCUT2D eigenvalue weighted by atomic mass is 35.5. The van der Waals surface area contributed by atoms with Gasteiger partial charge in [0.05, 0.1) is 10.0 Å². The van der Waals surface area contributed by atoms with E-state index < -0.39 is 0 Å². The van der Waals surface area contributed by atoms with Crippen molar-refractivity contribution in [2.75, 3.05) is 5.32 Å². The first-order valence-electron chi connectivity index (χ1n) is 6.49. The van der Waals surface area contributed by atoms with Gasteiger partial charge >= 0.3 is 0 Å². The molecular weight excluding hydrogens is 355 g/mol. The van der Waals surface area contributed by atoms with Crippen molar-refractivity contribution >= 4 is 58.2 Å². The van der Waals surface area contributed by atoms with E-state index in [2.05, 4.69) is 10.6 Å². The van der Waals surface area contributed by atoms with Crippen LogP contribution < -0.4 is 10.6 Å². The van der Waals surface area contributed by atoms with Gasteiger partial charge in [-0.1, -0.05) is 53.5 Å². The molecule has 4 nitrogen and oxygen atoms in total. The lowest BCUT2D eigenvalue weighted by Gasteiger charge is -2.10. The maximum Gasteiger partial charge on any atom is 0.250 e. The molecule has 118 valence electrons. The van der Waals surface area contributed by atoms with Crippen molar-refractivity contribution in [2.45, 2.75) is 0 Å². The second kappa shape index (κ2) is 7.97. The van der Waals surface area contributed by atoms with E-state index in [0.29, 0.717) is 5.69 Å². The van der Waals surface area contributed by atoms with Crippen LogP contribution in [0.4, 0.5) is 5.69 Å². The Labute approximate surface area is 148 Å². The number of phenolic OH excluding ortho intramolecular Hbond substituents is 1. The number of nitrogens with one attached hydrogen (secondary N) is 2. The molecule has 0 aliphatic rings. The third kappa shape index (κ3) is 5.25. The smallest absolute Gasteiger partial charge is 0.250 e. The van der Waals surface area contributed by atoms with Crippen molar-refractivity contribution < 1.29 is 9.90 Å². The minimum Gasteiger partial charge on any atom is -0.505 e. The molecule has 0 bridgehead atoms. The van der Waals surface area contributed by atoms with E-state index in [1.807, 2.05) is 30.3 Å². The van der Waals surface area contributed by atoms with Gasteiger partial charge in [0.15, 0.2) is 10.9 Å². The summed E-state index contributed by atoms with van der Waals surface area (Å²) in [5, 5.41) is 15.0. The normalized spacial score (nSPS) is 10.5. The summed E-state index contributed by atoms with van der Waals surface area (Å²) in [4.78, 5) is 11.8. The molecule has 2 aromatic carbocycles. The van der Waals surface area contributed by atoms with Crippen LogP contribution in [0.2, 0.25) is 10.0 Å². The molecule has 0 saturated heterocycles. The quantitative estimate of drug-likeness (QED) is 0.432. The summed E-state index contributed by atoms with van der Waals surface area (Å²) in [5.41, 5.74) is 1.36.